The Morgan fingerprint density at radius 3 is 1.66 bits per heavy atom. The largest absolute Gasteiger partial charge is 0.294 e. The molecule has 0 N–H and O–H groups in total. The Morgan fingerprint density at radius 2 is 1.14 bits per heavy atom. The normalized spacial score (nSPS) is 16.1. The van der Waals surface area contributed by atoms with Crippen molar-refractivity contribution in [1.29, 1.82) is 0 Å². The fraction of sp³-hybridized carbons (Fsp3) is 0.708. The zero-order valence-electron chi connectivity index (χ0n) is 18.1. The Bertz CT molecular complexity index is 555. The van der Waals surface area contributed by atoms with Crippen LogP contribution in [-0.4, -0.2) is 5.78 Å². The molecule has 0 saturated carbocycles. The summed E-state index contributed by atoms with van der Waals surface area (Å²) in [6, 6.07) is 0. The number of thioether (sulfide) groups is 4. The summed E-state index contributed by atoms with van der Waals surface area (Å²) >= 11 is 6.93. The molecule has 0 atom stereocenters. The lowest BCUT2D eigenvalue weighted by Crippen LogP contribution is -1.97. The molecule has 0 radical (unpaired) electrons. The van der Waals surface area contributed by atoms with Crippen LogP contribution in [0.2, 0.25) is 0 Å². The van der Waals surface area contributed by atoms with Crippen molar-refractivity contribution in [3.63, 3.8) is 0 Å². The van der Waals surface area contributed by atoms with Crippen LogP contribution in [0.25, 0.3) is 0 Å². The molecule has 0 saturated heterocycles. The fourth-order valence-electron chi connectivity index (χ4n) is 3.55. The van der Waals surface area contributed by atoms with Crippen molar-refractivity contribution < 1.29 is 4.79 Å². The van der Waals surface area contributed by atoms with Crippen LogP contribution in [0, 0.1) is 0 Å². The molecule has 0 fully saturated rings. The molecule has 29 heavy (non-hydrogen) atoms. The highest BCUT2D eigenvalue weighted by atomic mass is 32.2. The number of Topliss-reactive ketones (excluding diaryl/α,β-unsaturated/α-hetero) is 1. The molecule has 0 aromatic rings. The van der Waals surface area contributed by atoms with Gasteiger partial charge in [-0.3, -0.25) is 4.79 Å². The number of carbonyl (C=O) groups is 1. The highest BCUT2D eigenvalue weighted by Crippen LogP contribution is 2.53. The Labute approximate surface area is 196 Å². The number of hydrogen-bond acceptors (Lipinski definition) is 5. The van der Waals surface area contributed by atoms with Gasteiger partial charge in [-0.25, -0.2) is 0 Å². The van der Waals surface area contributed by atoms with E-state index in [-0.39, 0.29) is 0 Å². The van der Waals surface area contributed by atoms with E-state index in [2.05, 4.69) is 23.1 Å². The first kappa shape index (κ1) is 25.5. The summed E-state index contributed by atoms with van der Waals surface area (Å²) in [5, 5.41) is 6.28. The van der Waals surface area contributed by atoms with Crippen LogP contribution >= 0.6 is 47.0 Å². The minimum atomic E-state index is 0.341. The number of rotatable bonds is 17. The minimum Gasteiger partial charge on any atom is -0.294 e. The van der Waals surface area contributed by atoms with E-state index in [1.165, 1.54) is 98.4 Å². The standard InChI is InChI=1S/C24H38OS4/c1-2-3-4-5-6-7-8-9-10-11-12-13-14-15-16-17-21(25)22-20-28-24(29-22)23-26-18-19-27-23/h18-20H,2-17H2,1H3. The maximum Gasteiger partial charge on any atom is 0.170 e. The number of hydrogen-bond donors (Lipinski definition) is 0. The molecule has 0 aliphatic carbocycles. The molecule has 0 bridgehead atoms. The third kappa shape index (κ3) is 11.5. The van der Waals surface area contributed by atoms with E-state index in [1.54, 1.807) is 47.0 Å². The average molecular weight is 471 g/mol. The van der Waals surface area contributed by atoms with Crippen molar-refractivity contribution in [2.75, 3.05) is 0 Å². The van der Waals surface area contributed by atoms with Gasteiger partial charge in [-0.05, 0) is 22.6 Å². The molecule has 5 heteroatoms. The van der Waals surface area contributed by atoms with E-state index in [0.717, 1.165) is 17.7 Å². The summed E-state index contributed by atoms with van der Waals surface area (Å²) < 4.78 is 2.61. The van der Waals surface area contributed by atoms with Crippen LogP contribution in [0.15, 0.2) is 29.6 Å². The zero-order valence-corrected chi connectivity index (χ0v) is 21.4. The first-order valence-electron chi connectivity index (χ1n) is 11.6. The number of unbranched alkanes of at least 4 members (excludes halogenated alkanes) is 14. The summed E-state index contributed by atoms with van der Waals surface area (Å²) in [5.41, 5.74) is 0. The molecule has 0 aromatic carbocycles. The van der Waals surface area contributed by atoms with Crippen LogP contribution in [0.3, 0.4) is 0 Å². The monoisotopic (exact) mass is 470 g/mol. The van der Waals surface area contributed by atoms with Crippen LogP contribution in [0.4, 0.5) is 0 Å². The fourth-order valence-corrected chi connectivity index (χ4v) is 7.99. The van der Waals surface area contributed by atoms with Gasteiger partial charge >= 0.3 is 0 Å². The van der Waals surface area contributed by atoms with Gasteiger partial charge in [0.2, 0.25) is 0 Å². The van der Waals surface area contributed by atoms with Crippen LogP contribution in [0.5, 0.6) is 0 Å². The summed E-state index contributed by atoms with van der Waals surface area (Å²) in [6.07, 6.45) is 21.2. The van der Waals surface area contributed by atoms with Gasteiger partial charge in [0.1, 0.15) is 0 Å². The maximum atomic E-state index is 12.4. The van der Waals surface area contributed by atoms with E-state index in [4.69, 9.17) is 0 Å². The SMILES string of the molecule is CCCCCCCCCCCCCCCCCC(=O)C1=CSC(=C2SC=CS2)S1. The average Bonchev–Trinajstić information content (AvgIpc) is 3.42. The van der Waals surface area contributed by atoms with E-state index >= 15 is 0 Å². The molecule has 2 aliphatic rings. The van der Waals surface area contributed by atoms with Gasteiger partial charge in [-0.2, -0.15) is 0 Å². The summed E-state index contributed by atoms with van der Waals surface area (Å²) in [5.74, 6) is 0.341. The van der Waals surface area contributed by atoms with Gasteiger partial charge < -0.3 is 0 Å². The lowest BCUT2D eigenvalue weighted by Gasteiger charge is -2.04. The summed E-state index contributed by atoms with van der Waals surface area (Å²) in [7, 11) is 0. The van der Waals surface area contributed by atoms with Crippen LogP contribution in [0.1, 0.15) is 110 Å². The topological polar surface area (TPSA) is 17.1 Å². The molecule has 164 valence electrons. The van der Waals surface area contributed by atoms with Gasteiger partial charge in [-0.15, -0.1) is 0 Å². The summed E-state index contributed by atoms with van der Waals surface area (Å²) in [4.78, 5) is 13.3. The minimum absolute atomic E-state index is 0.341. The molecule has 2 aliphatic heterocycles. The van der Waals surface area contributed by atoms with Crippen molar-refractivity contribution in [3.05, 3.63) is 29.6 Å². The molecule has 1 nitrogen and oxygen atoms in total. The molecule has 0 spiro atoms. The van der Waals surface area contributed by atoms with E-state index in [1.807, 2.05) is 0 Å². The molecular formula is C24H38OS4. The van der Waals surface area contributed by atoms with Crippen molar-refractivity contribution in [2.45, 2.75) is 110 Å². The van der Waals surface area contributed by atoms with Gasteiger partial charge in [0.15, 0.2) is 5.78 Å². The Balaban J connectivity index is 1.35. The van der Waals surface area contributed by atoms with Gasteiger partial charge in [0.05, 0.1) is 13.4 Å². The third-order valence-electron chi connectivity index (χ3n) is 5.33. The molecule has 2 heterocycles. The van der Waals surface area contributed by atoms with Crippen LogP contribution < -0.4 is 0 Å². The highest BCUT2D eigenvalue weighted by Gasteiger charge is 2.22. The van der Waals surface area contributed by atoms with Crippen molar-refractivity contribution in [2.24, 2.45) is 0 Å². The summed E-state index contributed by atoms with van der Waals surface area (Å²) in [6.45, 7) is 2.28. The van der Waals surface area contributed by atoms with Crippen LogP contribution in [-0.2, 0) is 4.79 Å². The smallest absolute Gasteiger partial charge is 0.170 e. The second-order valence-corrected chi connectivity index (χ2v) is 12.2. The third-order valence-corrected chi connectivity index (χ3v) is 10.4. The number of carbonyl (C=O) groups excluding carboxylic acids is 1. The molecular weight excluding hydrogens is 433 g/mol. The van der Waals surface area contributed by atoms with Crippen molar-refractivity contribution >= 4 is 52.8 Å². The first-order valence-corrected chi connectivity index (χ1v) is 15.1. The number of allylic oxidation sites excluding steroid dienone is 1. The lowest BCUT2D eigenvalue weighted by molar-refractivity contribution is -0.115. The van der Waals surface area contributed by atoms with Gasteiger partial charge in [0, 0.05) is 6.42 Å². The molecule has 0 aromatic heterocycles. The molecule has 0 unspecified atom stereocenters. The van der Waals surface area contributed by atoms with E-state index < -0.39 is 0 Å². The van der Waals surface area contributed by atoms with E-state index in [0.29, 0.717) is 5.78 Å². The van der Waals surface area contributed by atoms with Crippen molar-refractivity contribution in [3.8, 4) is 0 Å². The van der Waals surface area contributed by atoms with Gasteiger partial charge in [-0.1, -0.05) is 144 Å². The Morgan fingerprint density at radius 1 is 0.655 bits per heavy atom. The van der Waals surface area contributed by atoms with Crippen molar-refractivity contribution in [1.82, 2.24) is 0 Å². The predicted octanol–water partition coefficient (Wildman–Crippen LogP) is 10.2. The molecule has 2 rings (SSSR count). The maximum absolute atomic E-state index is 12.4. The predicted molar refractivity (Wildman–Crippen MR) is 139 cm³/mol. The Hall–Kier alpha value is 0.290. The van der Waals surface area contributed by atoms with Gasteiger partial charge in [0.25, 0.3) is 0 Å². The quantitative estimate of drug-likeness (QED) is 0.196. The Kier molecular flexibility index (Phi) is 14.9. The number of ketones is 1. The second-order valence-electron chi connectivity index (χ2n) is 7.91. The highest BCUT2D eigenvalue weighted by molar-refractivity contribution is 8.33. The zero-order chi connectivity index (χ0) is 20.6. The second kappa shape index (κ2) is 16.9. The van der Waals surface area contributed by atoms with E-state index in [9.17, 15) is 4.79 Å². The first-order chi connectivity index (χ1) is 14.3. The molecule has 0 amide bonds. The lowest BCUT2D eigenvalue weighted by atomic mass is 10.0.